The van der Waals surface area contributed by atoms with Crippen LogP contribution in [0.2, 0.25) is 0 Å². The first-order chi connectivity index (χ1) is 39.9. The quantitative estimate of drug-likeness (QED) is 0.0292. The number of ether oxygens (including phenoxy) is 3. The summed E-state index contributed by atoms with van der Waals surface area (Å²) in [7, 11) is -0.353. The number of esters is 1. The van der Waals surface area contributed by atoms with Crippen molar-refractivity contribution in [3.05, 3.63) is 153 Å². The van der Waals surface area contributed by atoms with E-state index >= 15 is 0 Å². The van der Waals surface area contributed by atoms with Crippen LogP contribution in [0.3, 0.4) is 0 Å². The molecule has 0 saturated heterocycles. The number of nitrogens with two attached hydrogens (primary N) is 2. The zero-order chi connectivity index (χ0) is 65.1. The predicted molar refractivity (Wildman–Crippen MR) is 384 cm³/mol. The van der Waals surface area contributed by atoms with E-state index in [1.165, 1.54) is 22.3 Å². The van der Waals surface area contributed by atoms with E-state index in [2.05, 4.69) is 138 Å². The number of primary amides is 1. The van der Waals surface area contributed by atoms with Gasteiger partial charge in [-0.2, -0.15) is 0 Å². The number of carbonyl (C=O) groups is 6. The number of carbonyl (C=O) groups excluding carboxylic acids is 4. The SMILES string of the molecule is CC(C)(C)[C@H](CC(=O)OCC1c2ccccc2-c2ccccc21)C(=O)O.CC(C)(C)[C@H](N)C(=O)O.CC(C)(C)[C@H](NC(=O)OCC1c2ccccc2-c2ccccc21)C(N)=O.CC[C@H](O)[C@H](Cc1ccc(I)cc1)NC(=O)OC(C)(C)C.II(I)I. The van der Waals surface area contributed by atoms with Crippen LogP contribution in [0.15, 0.2) is 121 Å². The third-order valence-corrected chi connectivity index (χ3v) is 14.7. The fourth-order valence-electron chi connectivity index (χ4n) is 9.35. The number of aliphatic carboxylic acids is 2. The molecule has 0 aromatic heterocycles. The molecule has 472 valence electrons. The number of carboxylic acid groups (broad SMARTS) is 2. The summed E-state index contributed by atoms with van der Waals surface area (Å²) in [6.45, 7) is 24.1. The molecule has 5 aromatic rings. The first kappa shape index (κ1) is 76.3. The fraction of sp³-hybridized carbons (Fsp3) is 0.446. The number of nitrogens with one attached hydrogen (secondary N) is 2. The van der Waals surface area contributed by atoms with Crippen molar-refractivity contribution in [2.24, 2.45) is 33.6 Å². The molecule has 0 fully saturated rings. The zero-order valence-electron chi connectivity index (χ0n) is 51.2. The fourth-order valence-corrected chi connectivity index (χ4v) is 9.71. The van der Waals surface area contributed by atoms with Gasteiger partial charge in [0.15, 0.2) is 0 Å². The van der Waals surface area contributed by atoms with Crippen molar-refractivity contribution >= 4 is 122 Å². The third-order valence-electron chi connectivity index (χ3n) is 14.0. The summed E-state index contributed by atoms with van der Waals surface area (Å²) >= 11 is 9.67. The summed E-state index contributed by atoms with van der Waals surface area (Å²) in [6.07, 6.45) is -0.696. The Morgan fingerprint density at radius 1 is 0.581 bits per heavy atom. The molecule has 0 aliphatic heterocycles. The van der Waals surface area contributed by atoms with Crippen LogP contribution in [0.25, 0.3) is 22.3 Å². The molecule has 86 heavy (non-hydrogen) atoms. The van der Waals surface area contributed by atoms with E-state index in [9.17, 15) is 39.0 Å². The van der Waals surface area contributed by atoms with E-state index in [0.717, 1.165) is 31.4 Å². The van der Waals surface area contributed by atoms with Gasteiger partial charge in [0.1, 0.15) is 30.9 Å². The van der Waals surface area contributed by atoms with Gasteiger partial charge in [0.2, 0.25) is 5.91 Å². The number of benzene rings is 5. The molecule has 2 aliphatic rings. The molecule has 21 heteroatoms. The molecule has 0 unspecified atom stereocenters. The van der Waals surface area contributed by atoms with Crippen molar-refractivity contribution in [1.29, 1.82) is 0 Å². The number of carboxylic acids is 2. The number of alkyl carbamates (subject to hydrolysis) is 2. The second kappa shape index (κ2) is 34.9. The molecule has 5 aromatic carbocycles. The van der Waals surface area contributed by atoms with Crippen LogP contribution in [0, 0.1) is 25.7 Å². The third kappa shape index (κ3) is 25.2. The van der Waals surface area contributed by atoms with Gasteiger partial charge in [0, 0.05) is 15.4 Å². The Balaban J connectivity index is 0.000000307. The minimum absolute atomic E-state index is 0.00994. The molecule has 0 radical (unpaired) electrons. The number of hydrogen-bond acceptors (Lipinski definition) is 11. The topological polar surface area (TPSA) is 267 Å². The normalized spacial score (nSPS) is 14.3. The average Bonchev–Trinajstić information content (AvgIpc) is 1.77. The van der Waals surface area contributed by atoms with Crippen molar-refractivity contribution in [3.8, 4) is 22.3 Å². The number of halogens is 5. The molecule has 2 aliphatic carbocycles. The van der Waals surface area contributed by atoms with Crippen molar-refractivity contribution in [2.75, 3.05) is 13.2 Å². The van der Waals surface area contributed by atoms with E-state index in [-0.39, 0.29) is 50.8 Å². The van der Waals surface area contributed by atoms with Crippen LogP contribution in [-0.4, -0.2) is 94.4 Å². The molecule has 0 saturated carbocycles. The number of aliphatic hydroxyl groups is 1. The summed E-state index contributed by atoms with van der Waals surface area (Å²) in [5, 5.41) is 33.3. The Labute approximate surface area is 558 Å². The van der Waals surface area contributed by atoms with Crippen molar-refractivity contribution in [1.82, 2.24) is 10.6 Å². The predicted octanol–water partition coefficient (Wildman–Crippen LogP) is 15.4. The monoisotopic (exact) mass is 1750 g/mol. The van der Waals surface area contributed by atoms with Crippen LogP contribution in [0.1, 0.15) is 143 Å². The summed E-state index contributed by atoms with van der Waals surface area (Å²) < 4.78 is 17.4. The standard InChI is InChI=1S/C22H24O4.C21H24N2O3.C16H24INO3.C6H13NO2.I4/c1-22(2,3)19(21(24)25)12-20(23)26-13-18-16-10-6-4-8-14(16)15-9-5-7-11-17(15)18;1-21(2,3)18(19(22)24)23-20(25)26-12-17-15-10-6-4-8-13(15)14-9-5-7-11-16(14)17;1-5-14(19)13(18-15(20)21-16(2,3)4)10-11-6-8-12(17)9-7-11;1-6(2,3)4(7)5(8)9;1-4(2)3/h4-11,18-19H,12-13H2,1-3H3,(H,24,25);4-11,17-18H,12H2,1-3H3,(H2,22,24)(H,23,25);6-9,13-14,19H,5,10H2,1-4H3,(H,18,20);4H,7H2,1-3H3,(H,8,9);/t19-;18-;13-,14-;4-;/m1101./s1. The van der Waals surface area contributed by atoms with E-state index in [4.69, 9.17) is 30.8 Å². The van der Waals surface area contributed by atoms with Crippen LogP contribution in [0.4, 0.5) is 9.59 Å². The molecule has 0 bridgehead atoms. The van der Waals surface area contributed by atoms with Gasteiger partial charge in [-0.15, -0.1) is 0 Å². The van der Waals surface area contributed by atoms with Crippen LogP contribution in [0.5, 0.6) is 0 Å². The summed E-state index contributed by atoms with van der Waals surface area (Å²) in [6, 6.07) is 38.6. The summed E-state index contributed by atoms with van der Waals surface area (Å²) in [4.78, 5) is 69.7. The molecule has 7 rings (SSSR count). The summed E-state index contributed by atoms with van der Waals surface area (Å²) in [5.41, 5.74) is 19.1. The van der Waals surface area contributed by atoms with Gasteiger partial charge >= 0.3 is 93.8 Å². The average molecular weight is 1750 g/mol. The van der Waals surface area contributed by atoms with E-state index < -0.39 is 76.5 Å². The van der Waals surface area contributed by atoms with Gasteiger partial charge in [0.05, 0.1) is 24.5 Å². The minimum atomic E-state index is -0.967. The van der Waals surface area contributed by atoms with Crippen molar-refractivity contribution in [3.63, 3.8) is 0 Å². The van der Waals surface area contributed by atoms with Crippen molar-refractivity contribution in [2.45, 2.75) is 151 Å². The number of amides is 3. The number of rotatable bonds is 15. The van der Waals surface area contributed by atoms with Crippen LogP contribution in [-0.2, 0) is 39.8 Å². The summed E-state index contributed by atoms with van der Waals surface area (Å²) in [5.74, 6) is -3.74. The Kier molecular flexibility index (Phi) is 31.0. The second-order valence-electron chi connectivity index (χ2n) is 24.9. The van der Waals surface area contributed by atoms with Gasteiger partial charge in [-0.3, -0.25) is 19.2 Å². The first-order valence-electron chi connectivity index (χ1n) is 27.9. The molecular formula is C65H85I5N4O12. The van der Waals surface area contributed by atoms with Crippen molar-refractivity contribution < 1.29 is 58.3 Å². The Morgan fingerprint density at radius 2 is 0.977 bits per heavy atom. The van der Waals surface area contributed by atoms with Gasteiger partial charge in [-0.1, -0.05) is 178 Å². The van der Waals surface area contributed by atoms with E-state index in [1.807, 2.05) is 142 Å². The number of hydrogen-bond donors (Lipinski definition) is 7. The van der Waals surface area contributed by atoms with Gasteiger partial charge in [-0.05, 0) is 135 Å². The maximum atomic E-state index is 12.3. The Bertz CT molecular complexity index is 2810. The molecule has 16 nitrogen and oxygen atoms in total. The molecule has 0 spiro atoms. The Morgan fingerprint density at radius 3 is 1.29 bits per heavy atom. The van der Waals surface area contributed by atoms with Crippen LogP contribution < -0.4 is 22.1 Å². The molecule has 9 N–H and O–H groups in total. The molecule has 3 amide bonds. The zero-order valence-corrected chi connectivity index (χ0v) is 62.0. The molecule has 5 atom stereocenters. The Hall–Kier alpha value is -3.91. The molecular weight excluding hydrogens is 1660 g/mol. The second-order valence-corrected chi connectivity index (χ2v) is 74.9. The number of aliphatic hydroxyl groups excluding tert-OH is 1. The number of fused-ring (bicyclic) bond motifs is 6. The first-order valence-corrected chi connectivity index (χ1v) is 47.9. The van der Waals surface area contributed by atoms with E-state index in [1.54, 1.807) is 20.8 Å². The maximum absolute atomic E-state index is 12.3. The van der Waals surface area contributed by atoms with Gasteiger partial charge in [-0.25, -0.2) is 9.59 Å². The van der Waals surface area contributed by atoms with E-state index in [0.29, 0.717) is 12.8 Å². The van der Waals surface area contributed by atoms with Crippen LogP contribution >= 0.6 is 86.3 Å². The molecule has 0 heterocycles. The van der Waals surface area contributed by atoms with Gasteiger partial charge < -0.3 is 51.6 Å². The van der Waals surface area contributed by atoms with Gasteiger partial charge in [0.25, 0.3) is 0 Å².